The van der Waals surface area contributed by atoms with E-state index in [-0.39, 0.29) is 11.7 Å². The zero-order chi connectivity index (χ0) is 16.7. The summed E-state index contributed by atoms with van der Waals surface area (Å²) >= 11 is 0. The van der Waals surface area contributed by atoms with Gasteiger partial charge in [0.15, 0.2) is 0 Å². The van der Waals surface area contributed by atoms with E-state index in [1.54, 1.807) is 13.2 Å². The predicted octanol–water partition coefficient (Wildman–Crippen LogP) is 3.72. The van der Waals surface area contributed by atoms with E-state index in [4.69, 9.17) is 10.5 Å². The molecule has 0 amide bonds. The molecule has 3 atom stereocenters. The van der Waals surface area contributed by atoms with Gasteiger partial charge in [-0.25, -0.2) is 4.39 Å². The lowest BCUT2D eigenvalue weighted by Gasteiger charge is -2.28. The summed E-state index contributed by atoms with van der Waals surface area (Å²) in [6, 6.07) is 3.51. The molecular formula is C18H29FNOP. The van der Waals surface area contributed by atoms with Crippen LogP contribution in [0.15, 0.2) is 24.5 Å². The number of allylic oxidation sites excluding steroid dienone is 1. The van der Waals surface area contributed by atoms with Crippen molar-refractivity contribution in [2.45, 2.75) is 39.5 Å². The van der Waals surface area contributed by atoms with Gasteiger partial charge in [0.25, 0.3) is 0 Å². The highest BCUT2D eigenvalue weighted by atomic mass is 31.0. The van der Waals surface area contributed by atoms with Gasteiger partial charge in [-0.3, -0.25) is 0 Å². The molecule has 1 aromatic rings. The molecule has 22 heavy (non-hydrogen) atoms. The molecule has 0 saturated carbocycles. The van der Waals surface area contributed by atoms with Crippen LogP contribution in [0.1, 0.15) is 37.3 Å². The van der Waals surface area contributed by atoms with E-state index >= 15 is 0 Å². The standard InChI is InChI=1S/C18H29FNOP/c1-5-6-14(7-8-20)16(13(3)21-4)10-15-9-12(2)18(22)11-17(15)19/h9,11,14,16H,3,5-8,10,20,22H2,1-2,4H3. The average Bonchev–Trinajstić information content (AvgIpc) is 2.48. The summed E-state index contributed by atoms with van der Waals surface area (Å²) in [4.78, 5) is 0. The van der Waals surface area contributed by atoms with Crippen LogP contribution in [-0.2, 0) is 11.2 Å². The molecule has 0 saturated heterocycles. The maximum atomic E-state index is 14.3. The Labute approximate surface area is 136 Å². The first-order valence-corrected chi connectivity index (χ1v) is 8.49. The molecule has 0 aromatic heterocycles. The third-order valence-corrected chi connectivity index (χ3v) is 4.94. The minimum atomic E-state index is -0.160. The van der Waals surface area contributed by atoms with Crippen molar-refractivity contribution < 1.29 is 9.13 Å². The van der Waals surface area contributed by atoms with Crippen molar-refractivity contribution in [3.05, 3.63) is 41.4 Å². The number of rotatable bonds is 9. The van der Waals surface area contributed by atoms with Crippen LogP contribution in [0.5, 0.6) is 0 Å². The summed E-state index contributed by atoms with van der Waals surface area (Å²) in [7, 11) is 4.20. The monoisotopic (exact) mass is 325 g/mol. The maximum absolute atomic E-state index is 14.3. The number of nitrogens with two attached hydrogens (primary N) is 1. The number of benzene rings is 1. The number of ether oxygens (including phenoxy) is 1. The van der Waals surface area contributed by atoms with Crippen molar-refractivity contribution in [2.75, 3.05) is 13.7 Å². The molecule has 0 spiro atoms. The minimum absolute atomic E-state index is 0.0951. The molecular weight excluding hydrogens is 296 g/mol. The van der Waals surface area contributed by atoms with Crippen molar-refractivity contribution in [3.63, 3.8) is 0 Å². The first-order chi connectivity index (χ1) is 10.4. The lowest BCUT2D eigenvalue weighted by Crippen LogP contribution is -2.23. The van der Waals surface area contributed by atoms with E-state index in [0.717, 1.165) is 41.5 Å². The van der Waals surface area contributed by atoms with Crippen molar-refractivity contribution in [3.8, 4) is 0 Å². The fourth-order valence-electron chi connectivity index (χ4n) is 2.98. The second-order valence-corrected chi connectivity index (χ2v) is 6.53. The Balaban J connectivity index is 3.07. The topological polar surface area (TPSA) is 35.2 Å². The second-order valence-electron chi connectivity index (χ2n) is 5.91. The Bertz CT molecular complexity index is 498. The lowest BCUT2D eigenvalue weighted by atomic mass is 9.80. The van der Waals surface area contributed by atoms with Gasteiger partial charge in [0, 0.05) is 5.92 Å². The van der Waals surface area contributed by atoms with Gasteiger partial charge in [-0.2, -0.15) is 0 Å². The summed E-state index contributed by atoms with van der Waals surface area (Å²) in [5, 5.41) is 0.899. The first-order valence-electron chi connectivity index (χ1n) is 7.91. The molecule has 0 fully saturated rings. The maximum Gasteiger partial charge on any atom is 0.127 e. The highest BCUT2D eigenvalue weighted by molar-refractivity contribution is 7.27. The molecule has 4 heteroatoms. The molecule has 1 rings (SSSR count). The van der Waals surface area contributed by atoms with Gasteiger partial charge in [-0.05, 0) is 61.1 Å². The highest BCUT2D eigenvalue weighted by Crippen LogP contribution is 2.31. The van der Waals surface area contributed by atoms with Crippen molar-refractivity contribution in [2.24, 2.45) is 17.6 Å². The molecule has 0 radical (unpaired) electrons. The van der Waals surface area contributed by atoms with Crippen LogP contribution >= 0.6 is 9.24 Å². The highest BCUT2D eigenvalue weighted by Gasteiger charge is 2.25. The molecule has 2 N–H and O–H groups in total. The lowest BCUT2D eigenvalue weighted by molar-refractivity contribution is 0.192. The van der Waals surface area contributed by atoms with Crippen LogP contribution in [-0.4, -0.2) is 13.7 Å². The van der Waals surface area contributed by atoms with Crippen LogP contribution in [0.2, 0.25) is 0 Å². The van der Waals surface area contributed by atoms with Gasteiger partial charge in [0.1, 0.15) is 5.82 Å². The van der Waals surface area contributed by atoms with E-state index in [2.05, 4.69) is 22.7 Å². The third kappa shape index (κ3) is 5.07. The Morgan fingerprint density at radius 3 is 2.64 bits per heavy atom. The van der Waals surface area contributed by atoms with Crippen LogP contribution in [0.4, 0.5) is 4.39 Å². The van der Waals surface area contributed by atoms with Gasteiger partial charge >= 0.3 is 0 Å². The fourth-order valence-corrected chi connectivity index (χ4v) is 3.21. The molecule has 0 aliphatic heterocycles. The van der Waals surface area contributed by atoms with Crippen LogP contribution in [0.25, 0.3) is 0 Å². The Morgan fingerprint density at radius 1 is 1.41 bits per heavy atom. The summed E-state index contributed by atoms with van der Waals surface area (Å²) in [5.41, 5.74) is 7.56. The fraction of sp³-hybridized carbons (Fsp3) is 0.556. The normalized spacial score (nSPS) is 13.7. The Hall–Kier alpha value is -0.920. The van der Waals surface area contributed by atoms with E-state index in [9.17, 15) is 4.39 Å². The number of halogens is 1. The predicted molar refractivity (Wildman–Crippen MR) is 95.9 cm³/mol. The summed E-state index contributed by atoms with van der Waals surface area (Å²) in [6.45, 7) is 8.82. The van der Waals surface area contributed by atoms with Gasteiger partial charge in [-0.15, -0.1) is 9.24 Å². The molecule has 0 aliphatic rings. The zero-order valence-electron chi connectivity index (χ0n) is 14.0. The quantitative estimate of drug-likeness (QED) is 0.555. The molecule has 0 heterocycles. The van der Waals surface area contributed by atoms with Crippen LogP contribution in [0, 0.1) is 24.6 Å². The van der Waals surface area contributed by atoms with E-state index < -0.39 is 0 Å². The zero-order valence-corrected chi connectivity index (χ0v) is 15.1. The van der Waals surface area contributed by atoms with Crippen molar-refractivity contribution in [1.82, 2.24) is 0 Å². The average molecular weight is 325 g/mol. The molecule has 124 valence electrons. The minimum Gasteiger partial charge on any atom is -0.501 e. The Kier molecular flexibility index (Phi) is 8.06. The molecule has 0 bridgehead atoms. The number of methoxy groups -OCH3 is 1. The molecule has 3 unspecified atom stereocenters. The van der Waals surface area contributed by atoms with Crippen LogP contribution < -0.4 is 11.0 Å². The molecule has 1 aromatic carbocycles. The summed E-state index contributed by atoms with van der Waals surface area (Å²) in [6.07, 6.45) is 3.63. The van der Waals surface area contributed by atoms with Crippen molar-refractivity contribution >= 4 is 14.5 Å². The van der Waals surface area contributed by atoms with Gasteiger partial charge in [0.05, 0.1) is 12.9 Å². The van der Waals surface area contributed by atoms with Crippen molar-refractivity contribution in [1.29, 1.82) is 0 Å². The summed E-state index contributed by atoms with van der Waals surface area (Å²) in [5.74, 6) is 1.03. The smallest absolute Gasteiger partial charge is 0.127 e. The van der Waals surface area contributed by atoms with Gasteiger partial charge < -0.3 is 10.5 Å². The van der Waals surface area contributed by atoms with Crippen LogP contribution in [0.3, 0.4) is 0 Å². The van der Waals surface area contributed by atoms with Gasteiger partial charge in [0.2, 0.25) is 0 Å². The Morgan fingerprint density at radius 2 is 2.09 bits per heavy atom. The van der Waals surface area contributed by atoms with E-state index in [1.165, 1.54) is 0 Å². The number of aryl methyl sites for hydroxylation is 1. The number of hydrogen-bond donors (Lipinski definition) is 1. The molecule has 0 aliphatic carbocycles. The summed E-state index contributed by atoms with van der Waals surface area (Å²) < 4.78 is 19.7. The second kappa shape index (κ2) is 9.27. The van der Waals surface area contributed by atoms with E-state index in [1.807, 2.05) is 13.0 Å². The first kappa shape index (κ1) is 19.1. The molecule has 2 nitrogen and oxygen atoms in total. The van der Waals surface area contributed by atoms with E-state index in [0.29, 0.717) is 18.9 Å². The SMILES string of the molecule is C=C(OC)C(Cc1cc(C)c(P)cc1F)C(CCC)CCN. The largest absolute Gasteiger partial charge is 0.501 e. The number of hydrogen-bond acceptors (Lipinski definition) is 2. The van der Waals surface area contributed by atoms with Gasteiger partial charge in [-0.1, -0.05) is 26.0 Å². The third-order valence-electron chi connectivity index (χ3n) is 4.32.